The van der Waals surface area contributed by atoms with Crippen LogP contribution < -0.4 is 4.74 Å². The lowest BCUT2D eigenvalue weighted by Crippen LogP contribution is -2.36. The van der Waals surface area contributed by atoms with E-state index in [2.05, 4.69) is 9.97 Å². The summed E-state index contributed by atoms with van der Waals surface area (Å²) < 4.78 is 11.2. The molecule has 1 N–H and O–H groups in total. The van der Waals surface area contributed by atoms with E-state index in [9.17, 15) is 4.79 Å². The van der Waals surface area contributed by atoms with E-state index in [1.165, 1.54) is 0 Å². The fourth-order valence-electron chi connectivity index (χ4n) is 2.46. The number of nitrogens with zero attached hydrogens (tertiary/aromatic N) is 2. The topological polar surface area (TPSA) is 67.4 Å². The van der Waals surface area contributed by atoms with E-state index < -0.39 is 5.60 Å². The third-order valence-electron chi connectivity index (χ3n) is 3.44. The minimum absolute atomic E-state index is 0.0620. The minimum Gasteiger partial charge on any atom is -0.460 e. The van der Waals surface area contributed by atoms with Gasteiger partial charge in [-0.25, -0.2) is 4.79 Å². The predicted molar refractivity (Wildman–Crippen MR) is 82.9 cm³/mol. The number of aromatic amines is 1. The van der Waals surface area contributed by atoms with Crippen molar-refractivity contribution in [2.75, 3.05) is 13.1 Å². The first kappa shape index (κ1) is 14.7. The zero-order valence-electron chi connectivity index (χ0n) is 13.1. The van der Waals surface area contributed by atoms with Crippen molar-refractivity contribution in [1.82, 2.24) is 14.9 Å². The van der Waals surface area contributed by atoms with Crippen molar-refractivity contribution in [3.63, 3.8) is 0 Å². The van der Waals surface area contributed by atoms with E-state index in [-0.39, 0.29) is 12.2 Å². The first-order valence-electron chi connectivity index (χ1n) is 7.50. The number of nitrogens with one attached hydrogen (secondary N) is 1. The number of benzene rings is 1. The Bertz CT molecular complexity index is 642. The van der Waals surface area contributed by atoms with Gasteiger partial charge in [0.15, 0.2) is 0 Å². The maximum absolute atomic E-state index is 12.0. The highest BCUT2D eigenvalue weighted by Crippen LogP contribution is 2.21. The monoisotopic (exact) mass is 303 g/mol. The second-order valence-electron chi connectivity index (χ2n) is 6.51. The summed E-state index contributed by atoms with van der Waals surface area (Å²) in [6, 6.07) is 8.27. The molecule has 1 saturated heterocycles. The first-order chi connectivity index (χ1) is 10.4. The van der Waals surface area contributed by atoms with Crippen molar-refractivity contribution >= 4 is 17.1 Å². The van der Waals surface area contributed by atoms with Gasteiger partial charge in [-0.2, -0.15) is 4.98 Å². The molecule has 0 unspecified atom stereocenters. The second-order valence-corrected chi connectivity index (χ2v) is 6.51. The summed E-state index contributed by atoms with van der Waals surface area (Å²) in [5.41, 5.74) is 1.34. The molecule has 118 valence electrons. The number of para-hydroxylation sites is 2. The molecule has 3 rings (SSSR count). The van der Waals surface area contributed by atoms with Gasteiger partial charge in [-0.1, -0.05) is 12.1 Å². The Morgan fingerprint density at radius 1 is 1.36 bits per heavy atom. The van der Waals surface area contributed by atoms with Crippen LogP contribution in [0.25, 0.3) is 11.0 Å². The van der Waals surface area contributed by atoms with Crippen molar-refractivity contribution in [3.8, 4) is 6.01 Å². The van der Waals surface area contributed by atoms with E-state index in [0.717, 1.165) is 17.5 Å². The number of carbonyl (C=O) groups excluding carboxylic acids is 1. The van der Waals surface area contributed by atoms with Gasteiger partial charge in [0.2, 0.25) is 0 Å². The predicted octanol–water partition coefficient (Wildman–Crippen LogP) is 2.95. The molecule has 0 spiro atoms. The first-order valence-corrected chi connectivity index (χ1v) is 7.50. The molecule has 1 atom stereocenters. The van der Waals surface area contributed by atoms with E-state index in [1.54, 1.807) is 4.90 Å². The fourth-order valence-corrected chi connectivity index (χ4v) is 2.46. The van der Waals surface area contributed by atoms with Crippen molar-refractivity contribution in [1.29, 1.82) is 0 Å². The molecule has 6 nitrogen and oxygen atoms in total. The highest BCUT2D eigenvalue weighted by atomic mass is 16.6. The molecule has 6 heteroatoms. The molecule has 0 aliphatic carbocycles. The zero-order valence-corrected chi connectivity index (χ0v) is 13.1. The van der Waals surface area contributed by atoms with Gasteiger partial charge in [-0.3, -0.25) is 0 Å². The molecular weight excluding hydrogens is 282 g/mol. The summed E-state index contributed by atoms with van der Waals surface area (Å²) in [7, 11) is 0. The van der Waals surface area contributed by atoms with Gasteiger partial charge in [0.1, 0.15) is 11.7 Å². The van der Waals surface area contributed by atoms with Gasteiger partial charge < -0.3 is 19.4 Å². The fraction of sp³-hybridized carbons (Fsp3) is 0.500. The third-order valence-corrected chi connectivity index (χ3v) is 3.44. The molecule has 1 aromatic carbocycles. The molecule has 2 heterocycles. The normalized spacial score (nSPS) is 18.7. The third kappa shape index (κ3) is 3.32. The Morgan fingerprint density at radius 3 is 2.86 bits per heavy atom. The van der Waals surface area contributed by atoms with Crippen LogP contribution in [0.3, 0.4) is 0 Å². The average molecular weight is 303 g/mol. The summed E-state index contributed by atoms with van der Waals surface area (Å²) in [6.07, 6.45) is 0.423. The van der Waals surface area contributed by atoms with Crippen molar-refractivity contribution < 1.29 is 14.3 Å². The van der Waals surface area contributed by atoms with E-state index in [1.807, 2.05) is 45.0 Å². The molecule has 22 heavy (non-hydrogen) atoms. The van der Waals surface area contributed by atoms with Crippen LogP contribution in [0.2, 0.25) is 0 Å². The number of amides is 1. The Morgan fingerprint density at radius 2 is 2.14 bits per heavy atom. The molecule has 1 aliphatic heterocycles. The van der Waals surface area contributed by atoms with Crippen LogP contribution in [-0.2, 0) is 4.74 Å². The van der Waals surface area contributed by atoms with Gasteiger partial charge in [0.05, 0.1) is 17.6 Å². The minimum atomic E-state index is -0.477. The van der Waals surface area contributed by atoms with Gasteiger partial charge in [0.25, 0.3) is 6.01 Å². The van der Waals surface area contributed by atoms with Crippen LogP contribution in [0.5, 0.6) is 6.01 Å². The number of likely N-dealkylation sites (tertiary alicyclic amines) is 1. The van der Waals surface area contributed by atoms with Gasteiger partial charge in [-0.05, 0) is 32.9 Å². The Kier molecular flexibility index (Phi) is 3.68. The Balaban J connectivity index is 1.60. The molecule has 2 aromatic rings. The zero-order chi connectivity index (χ0) is 15.7. The van der Waals surface area contributed by atoms with Crippen LogP contribution in [0.15, 0.2) is 24.3 Å². The van der Waals surface area contributed by atoms with Crippen molar-refractivity contribution in [3.05, 3.63) is 24.3 Å². The number of fused-ring (bicyclic) bond motifs is 1. The number of carbonyl (C=O) groups is 1. The maximum atomic E-state index is 12.0. The molecule has 0 bridgehead atoms. The van der Waals surface area contributed by atoms with Gasteiger partial charge in [-0.15, -0.1) is 0 Å². The Labute approximate surface area is 129 Å². The largest absolute Gasteiger partial charge is 0.460 e. The van der Waals surface area contributed by atoms with Crippen LogP contribution in [0.4, 0.5) is 4.79 Å². The number of rotatable bonds is 2. The van der Waals surface area contributed by atoms with Gasteiger partial charge >= 0.3 is 6.09 Å². The molecule has 0 radical (unpaired) electrons. The summed E-state index contributed by atoms with van der Waals surface area (Å²) in [5, 5.41) is 0. The lowest BCUT2D eigenvalue weighted by Gasteiger charge is -2.24. The SMILES string of the molecule is CC(C)(C)OC(=O)N1CC[C@H](Oc2nc3ccccc3[nH]2)C1. The van der Waals surface area contributed by atoms with E-state index in [4.69, 9.17) is 9.47 Å². The van der Waals surface area contributed by atoms with Crippen LogP contribution in [0, 0.1) is 0 Å². The number of imidazole rings is 1. The number of aromatic nitrogens is 2. The van der Waals surface area contributed by atoms with Gasteiger partial charge in [0, 0.05) is 13.0 Å². The summed E-state index contributed by atoms with van der Waals surface area (Å²) >= 11 is 0. The molecule has 0 saturated carbocycles. The summed E-state index contributed by atoms with van der Waals surface area (Å²) in [6.45, 7) is 6.75. The summed E-state index contributed by atoms with van der Waals surface area (Å²) in [5.74, 6) is 0. The lowest BCUT2D eigenvalue weighted by molar-refractivity contribution is 0.0274. The van der Waals surface area contributed by atoms with Crippen LogP contribution >= 0.6 is 0 Å². The molecule has 1 aromatic heterocycles. The number of hydrogen-bond acceptors (Lipinski definition) is 4. The van der Waals surface area contributed by atoms with Crippen molar-refractivity contribution in [2.24, 2.45) is 0 Å². The highest BCUT2D eigenvalue weighted by molar-refractivity contribution is 5.75. The standard InChI is InChI=1S/C16H21N3O3/c1-16(2,3)22-15(20)19-9-8-11(10-19)21-14-17-12-6-4-5-7-13(12)18-14/h4-7,11H,8-10H2,1-3H3,(H,17,18)/t11-/m0/s1. The number of hydrogen-bond donors (Lipinski definition) is 1. The maximum Gasteiger partial charge on any atom is 0.410 e. The van der Waals surface area contributed by atoms with E-state index in [0.29, 0.717) is 19.1 Å². The summed E-state index contributed by atoms with van der Waals surface area (Å²) in [4.78, 5) is 21.2. The lowest BCUT2D eigenvalue weighted by atomic mass is 10.2. The van der Waals surface area contributed by atoms with E-state index >= 15 is 0 Å². The second kappa shape index (κ2) is 5.51. The van der Waals surface area contributed by atoms with Crippen LogP contribution in [0.1, 0.15) is 27.2 Å². The average Bonchev–Trinajstić information content (AvgIpc) is 3.02. The highest BCUT2D eigenvalue weighted by Gasteiger charge is 2.31. The molecular formula is C16H21N3O3. The number of ether oxygens (including phenoxy) is 2. The Hall–Kier alpha value is -2.24. The molecule has 1 aliphatic rings. The van der Waals surface area contributed by atoms with Crippen LogP contribution in [-0.4, -0.2) is 45.8 Å². The molecule has 1 fully saturated rings. The van der Waals surface area contributed by atoms with Crippen molar-refractivity contribution in [2.45, 2.75) is 38.9 Å². The number of H-pyrrole nitrogens is 1. The molecule has 1 amide bonds. The quantitative estimate of drug-likeness (QED) is 0.926. The smallest absolute Gasteiger partial charge is 0.410 e.